The van der Waals surface area contributed by atoms with Gasteiger partial charge in [0.15, 0.2) is 0 Å². The Morgan fingerprint density at radius 1 is 1.15 bits per heavy atom. The number of fused-ring (bicyclic) bond motifs is 1. The van der Waals surface area contributed by atoms with Crippen molar-refractivity contribution in [2.45, 2.75) is 12.5 Å². The zero-order chi connectivity index (χ0) is 18.4. The van der Waals surface area contributed by atoms with E-state index in [1.54, 1.807) is 11.3 Å². The van der Waals surface area contributed by atoms with E-state index >= 15 is 0 Å². The number of anilines is 1. The number of likely N-dealkylation sites (tertiary alicyclic amines) is 1. The van der Waals surface area contributed by atoms with Crippen LogP contribution in [0.15, 0.2) is 49.1 Å². The standard InChI is InChI=1S/C20H20N6S/c1-25-8-7-14(10-25)26-12-24-17(13-5-3-2-4-6-13)18(26)16-9-15-19(21)22-11-23-20(15)27-16/h2-6,9,11-12,14H,7-8,10H2,1H3,(H2,21,22,23). The molecule has 1 unspecified atom stereocenters. The monoisotopic (exact) mass is 376 g/mol. The number of hydrogen-bond acceptors (Lipinski definition) is 6. The lowest BCUT2D eigenvalue weighted by Crippen LogP contribution is -2.16. The lowest BCUT2D eigenvalue weighted by atomic mass is 10.1. The van der Waals surface area contributed by atoms with Gasteiger partial charge in [0.05, 0.1) is 28.0 Å². The molecule has 1 saturated heterocycles. The third-order valence-electron chi connectivity index (χ3n) is 5.19. The molecule has 27 heavy (non-hydrogen) atoms. The first-order valence-electron chi connectivity index (χ1n) is 9.02. The van der Waals surface area contributed by atoms with Crippen LogP contribution in [0.1, 0.15) is 12.5 Å². The molecule has 1 atom stereocenters. The van der Waals surface area contributed by atoms with Crippen LogP contribution in [0, 0.1) is 0 Å². The number of aromatic nitrogens is 4. The minimum Gasteiger partial charge on any atom is -0.383 e. The normalized spacial score (nSPS) is 17.7. The number of hydrogen-bond donors (Lipinski definition) is 1. The van der Waals surface area contributed by atoms with Crippen LogP contribution in [0.2, 0.25) is 0 Å². The van der Waals surface area contributed by atoms with Gasteiger partial charge < -0.3 is 15.2 Å². The first kappa shape index (κ1) is 16.4. The molecule has 1 aromatic carbocycles. The number of rotatable bonds is 3. The maximum Gasteiger partial charge on any atom is 0.135 e. The Morgan fingerprint density at radius 3 is 2.74 bits per heavy atom. The molecule has 0 amide bonds. The van der Waals surface area contributed by atoms with E-state index in [2.05, 4.69) is 56.8 Å². The lowest BCUT2D eigenvalue weighted by molar-refractivity contribution is 0.393. The number of nitrogens with zero attached hydrogens (tertiary/aromatic N) is 5. The van der Waals surface area contributed by atoms with Crippen molar-refractivity contribution in [1.82, 2.24) is 24.4 Å². The minimum atomic E-state index is 0.420. The first-order chi connectivity index (χ1) is 13.2. The molecule has 1 aliphatic rings. The SMILES string of the molecule is CN1CCC(n2cnc(-c3ccccc3)c2-c2cc3c(N)ncnc3s2)C1. The molecule has 1 fully saturated rings. The van der Waals surface area contributed by atoms with Gasteiger partial charge in [-0.25, -0.2) is 15.0 Å². The van der Waals surface area contributed by atoms with Crippen LogP contribution in [0.3, 0.4) is 0 Å². The number of likely N-dealkylation sites (N-methyl/N-ethyl adjacent to an activating group) is 1. The zero-order valence-electron chi connectivity index (χ0n) is 15.0. The van der Waals surface area contributed by atoms with Crippen LogP contribution in [-0.4, -0.2) is 44.6 Å². The van der Waals surface area contributed by atoms with E-state index in [9.17, 15) is 0 Å². The molecule has 0 radical (unpaired) electrons. The molecular formula is C20H20N6S. The number of nitrogens with two attached hydrogens (primary N) is 1. The summed E-state index contributed by atoms with van der Waals surface area (Å²) in [6.45, 7) is 2.14. The molecule has 0 bridgehead atoms. The molecule has 0 spiro atoms. The molecular weight excluding hydrogens is 356 g/mol. The maximum absolute atomic E-state index is 6.08. The Kier molecular flexibility index (Phi) is 3.91. The van der Waals surface area contributed by atoms with Gasteiger partial charge in [-0.15, -0.1) is 11.3 Å². The fourth-order valence-electron chi connectivity index (χ4n) is 3.82. The van der Waals surface area contributed by atoms with Crippen LogP contribution in [0.25, 0.3) is 32.0 Å². The Balaban J connectivity index is 1.72. The predicted octanol–water partition coefficient (Wildman–Crippen LogP) is 3.68. The average Bonchev–Trinajstić information content (AvgIpc) is 3.39. The van der Waals surface area contributed by atoms with Gasteiger partial charge >= 0.3 is 0 Å². The van der Waals surface area contributed by atoms with E-state index in [1.165, 1.54) is 6.33 Å². The van der Waals surface area contributed by atoms with Crippen molar-refractivity contribution in [3.05, 3.63) is 49.1 Å². The fourth-order valence-corrected chi connectivity index (χ4v) is 4.88. The summed E-state index contributed by atoms with van der Waals surface area (Å²) in [7, 11) is 2.17. The van der Waals surface area contributed by atoms with E-state index in [0.717, 1.165) is 51.6 Å². The maximum atomic E-state index is 6.08. The van der Waals surface area contributed by atoms with Gasteiger partial charge in [0.25, 0.3) is 0 Å². The second-order valence-electron chi connectivity index (χ2n) is 7.01. The second-order valence-corrected chi connectivity index (χ2v) is 8.04. The Labute approximate surface area is 161 Å². The summed E-state index contributed by atoms with van der Waals surface area (Å²) in [5.74, 6) is 0.524. The van der Waals surface area contributed by atoms with Crippen molar-refractivity contribution in [1.29, 1.82) is 0 Å². The van der Waals surface area contributed by atoms with E-state index in [1.807, 2.05) is 12.4 Å². The molecule has 0 aliphatic carbocycles. The van der Waals surface area contributed by atoms with E-state index in [0.29, 0.717) is 11.9 Å². The van der Waals surface area contributed by atoms with Gasteiger partial charge in [0, 0.05) is 18.2 Å². The fraction of sp³-hybridized carbons (Fsp3) is 0.250. The van der Waals surface area contributed by atoms with Crippen molar-refractivity contribution in [3.63, 3.8) is 0 Å². The van der Waals surface area contributed by atoms with Gasteiger partial charge in [-0.05, 0) is 26.1 Å². The predicted molar refractivity (Wildman–Crippen MR) is 110 cm³/mol. The summed E-state index contributed by atoms with van der Waals surface area (Å²) < 4.78 is 2.33. The smallest absolute Gasteiger partial charge is 0.135 e. The summed E-state index contributed by atoms with van der Waals surface area (Å²) in [6.07, 6.45) is 4.64. The van der Waals surface area contributed by atoms with Crippen LogP contribution in [0.4, 0.5) is 5.82 Å². The highest BCUT2D eigenvalue weighted by atomic mass is 32.1. The number of thiophene rings is 1. The summed E-state index contributed by atoms with van der Waals surface area (Å²) in [5, 5.41) is 0.910. The molecule has 0 saturated carbocycles. The summed E-state index contributed by atoms with van der Waals surface area (Å²) >= 11 is 1.65. The minimum absolute atomic E-state index is 0.420. The molecule has 4 aromatic rings. The molecule has 4 heterocycles. The van der Waals surface area contributed by atoms with E-state index in [-0.39, 0.29) is 0 Å². The quantitative estimate of drug-likeness (QED) is 0.590. The number of imidazole rings is 1. The Hall–Kier alpha value is -2.77. The molecule has 1 aliphatic heterocycles. The highest BCUT2D eigenvalue weighted by Gasteiger charge is 2.26. The van der Waals surface area contributed by atoms with E-state index in [4.69, 9.17) is 10.7 Å². The molecule has 5 rings (SSSR count). The Bertz CT molecular complexity index is 1100. The third kappa shape index (κ3) is 2.79. The Morgan fingerprint density at radius 2 is 2.00 bits per heavy atom. The van der Waals surface area contributed by atoms with Crippen LogP contribution < -0.4 is 5.73 Å². The van der Waals surface area contributed by atoms with Gasteiger partial charge in [-0.1, -0.05) is 30.3 Å². The van der Waals surface area contributed by atoms with Crippen molar-refractivity contribution in [2.75, 3.05) is 25.9 Å². The molecule has 136 valence electrons. The van der Waals surface area contributed by atoms with Gasteiger partial charge in [-0.3, -0.25) is 0 Å². The average molecular weight is 376 g/mol. The summed E-state index contributed by atoms with van der Waals surface area (Å²) in [5.41, 5.74) is 9.34. The van der Waals surface area contributed by atoms with E-state index < -0.39 is 0 Å². The number of nitrogen functional groups attached to an aromatic ring is 1. The first-order valence-corrected chi connectivity index (χ1v) is 9.83. The van der Waals surface area contributed by atoms with Crippen molar-refractivity contribution >= 4 is 27.4 Å². The number of benzene rings is 1. The lowest BCUT2D eigenvalue weighted by Gasteiger charge is -2.16. The molecule has 2 N–H and O–H groups in total. The third-order valence-corrected chi connectivity index (χ3v) is 6.24. The van der Waals surface area contributed by atoms with Gasteiger partial charge in [-0.2, -0.15) is 0 Å². The highest BCUT2D eigenvalue weighted by Crippen LogP contribution is 2.41. The summed E-state index contributed by atoms with van der Waals surface area (Å²) in [4.78, 5) is 17.8. The molecule has 3 aromatic heterocycles. The highest BCUT2D eigenvalue weighted by molar-refractivity contribution is 7.21. The summed E-state index contributed by atoms with van der Waals surface area (Å²) in [6, 6.07) is 12.9. The van der Waals surface area contributed by atoms with Gasteiger partial charge in [0.1, 0.15) is 17.0 Å². The molecule has 7 heteroatoms. The van der Waals surface area contributed by atoms with Crippen molar-refractivity contribution < 1.29 is 0 Å². The van der Waals surface area contributed by atoms with Gasteiger partial charge in [0.2, 0.25) is 0 Å². The molecule has 6 nitrogen and oxygen atoms in total. The largest absolute Gasteiger partial charge is 0.383 e. The van der Waals surface area contributed by atoms with Crippen molar-refractivity contribution in [2.24, 2.45) is 0 Å². The zero-order valence-corrected chi connectivity index (χ0v) is 15.9. The van der Waals surface area contributed by atoms with Crippen molar-refractivity contribution in [3.8, 4) is 21.8 Å². The van der Waals surface area contributed by atoms with Crippen LogP contribution >= 0.6 is 11.3 Å². The van der Waals surface area contributed by atoms with Crippen LogP contribution in [0.5, 0.6) is 0 Å². The van der Waals surface area contributed by atoms with Crippen LogP contribution in [-0.2, 0) is 0 Å². The second kappa shape index (κ2) is 6.44. The topological polar surface area (TPSA) is 72.9 Å².